The minimum Gasteiger partial charge on any atom is -0.481 e. The van der Waals surface area contributed by atoms with E-state index in [0.29, 0.717) is 12.8 Å². The molecule has 19 heavy (non-hydrogen) atoms. The van der Waals surface area contributed by atoms with Crippen LogP contribution >= 0.6 is 0 Å². The van der Waals surface area contributed by atoms with Gasteiger partial charge in [0.2, 0.25) is 5.91 Å². The number of aliphatic carboxylic acids is 1. The van der Waals surface area contributed by atoms with Gasteiger partial charge in [-0.15, -0.1) is 5.10 Å². The minimum atomic E-state index is -0.879. The zero-order valence-corrected chi connectivity index (χ0v) is 10.9. The normalized spacial score (nSPS) is 26.9. The third kappa shape index (κ3) is 2.91. The second kappa shape index (κ2) is 5.38. The summed E-state index contributed by atoms with van der Waals surface area (Å²) in [6.45, 7) is 1.76. The summed E-state index contributed by atoms with van der Waals surface area (Å²) < 4.78 is 1.41. The number of nitrogens with one attached hydrogen (secondary N) is 1. The van der Waals surface area contributed by atoms with Gasteiger partial charge in [0.25, 0.3) is 0 Å². The van der Waals surface area contributed by atoms with Gasteiger partial charge in [0.1, 0.15) is 6.54 Å². The average molecular weight is 266 g/mol. The summed E-state index contributed by atoms with van der Waals surface area (Å²) in [6, 6.07) is -0.324. The lowest BCUT2D eigenvalue weighted by atomic mass is 9.71. The molecule has 1 aromatic heterocycles. The Kier molecular flexibility index (Phi) is 3.82. The number of carboxylic acid groups (broad SMARTS) is 1. The van der Waals surface area contributed by atoms with E-state index < -0.39 is 11.4 Å². The van der Waals surface area contributed by atoms with Gasteiger partial charge in [-0.3, -0.25) is 9.59 Å². The Morgan fingerprint density at radius 1 is 1.53 bits per heavy atom. The topological polar surface area (TPSA) is 97.1 Å². The van der Waals surface area contributed by atoms with E-state index in [1.54, 1.807) is 13.1 Å². The smallest absolute Gasteiger partial charge is 0.311 e. The molecule has 1 aliphatic carbocycles. The van der Waals surface area contributed by atoms with Crippen molar-refractivity contribution in [3.8, 4) is 0 Å². The molecule has 2 unspecified atom stereocenters. The van der Waals surface area contributed by atoms with E-state index in [9.17, 15) is 14.7 Å². The molecule has 2 atom stereocenters. The molecule has 7 heteroatoms. The van der Waals surface area contributed by atoms with E-state index in [2.05, 4.69) is 15.6 Å². The van der Waals surface area contributed by atoms with Crippen LogP contribution in [0.5, 0.6) is 0 Å². The fourth-order valence-electron chi connectivity index (χ4n) is 2.53. The van der Waals surface area contributed by atoms with Crippen LogP contribution in [0.25, 0.3) is 0 Å². The van der Waals surface area contributed by atoms with Gasteiger partial charge in [-0.05, 0) is 19.8 Å². The molecule has 0 aliphatic heterocycles. The SMILES string of the molecule is CC1(C(=O)O)CCCCC1NC(=O)Cn1ccnn1. The number of carbonyl (C=O) groups is 2. The van der Waals surface area contributed by atoms with Crippen molar-refractivity contribution in [2.45, 2.75) is 45.2 Å². The molecule has 2 N–H and O–H groups in total. The minimum absolute atomic E-state index is 0.0617. The molecular formula is C12H18N4O3. The van der Waals surface area contributed by atoms with E-state index in [-0.39, 0.29) is 18.5 Å². The molecule has 0 aromatic carbocycles. The van der Waals surface area contributed by atoms with Crippen molar-refractivity contribution < 1.29 is 14.7 Å². The molecule has 104 valence electrons. The third-order valence-electron chi connectivity index (χ3n) is 3.81. The number of carboxylic acids is 1. The Labute approximate surface area is 111 Å². The molecule has 1 saturated carbocycles. The fourth-order valence-corrected chi connectivity index (χ4v) is 2.53. The Morgan fingerprint density at radius 3 is 2.95 bits per heavy atom. The van der Waals surface area contributed by atoms with Gasteiger partial charge in [0.05, 0.1) is 11.6 Å². The van der Waals surface area contributed by atoms with Crippen molar-refractivity contribution in [3.05, 3.63) is 12.4 Å². The van der Waals surface area contributed by atoms with Gasteiger partial charge in [-0.2, -0.15) is 0 Å². The van der Waals surface area contributed by atoms with Gasteiger partial charge in [0.15, 0.2) is 0 Å². The Morgan fingerprint density at radius 2 is 2.32 bits per heavy atom. The highest BCUT2D eigenvalue weighted by Crippen LogP contribution is 2.36. The zero-order valence-electron chi connectivity index (χ0n) is 10.9. The van der Waals surface area contributed by atoms with E-state index in [4.69, 9.17) is 0 Å². The highest BCUT2D eigenvalue weighted by molar-refractivity contribution is 5.79. The van der Waals surface area contributed by atoms with Gasteiger partial charge < -0.3 is 10.4 Å². The molecule has 2 rings (SSSR count). The maximum atomic E-state index is 11.9. The van der Waals surface area contributed by atoms with Crippen molar-refractivity contribution in [2.24, 2.45) is 5.41 Å². The molecule has 1 fully saturated rings. The Balaban J connectivity index is 1.99. The van der Waals surface area contributed by atoms with Crippen molar-refractivity contribution in [3.63, 3.8) is 0 Å². The summed E-state index contributed by atoms with van der Waals surface area (Å²) >= 11 is 0. The maximum absolute atomic E-state index is 11.9. The quantitative estimate of drug-likeness (QED) is 0.823. The predicted octanol–water partition coefficient (Wildman–Crippen LogP) is 0.428. The first kappa shape index (κ1) is 13.5. The van der Waals surface area contributed by atoms with Crippen molar-refractivity contribution in [1.82, 2.24) is 20.3 Å². The summed E-state index contributed by atoms with van der Waals surface area (Å²) in [5, 5.41) is 19.5. The highest BCUT2D eigenvalue weighted by atomic mass is 16.4. The highest BCUT2D eigenvalue weighted by Gasteiger charge is 2.43. The first-order chi connectivity index (χ1) is 9.02. The standard InChI is InChI=1S/C12H18N4O3/c1-12(11(18)19)5-3-2-4-9(12)14-10(17)8-16-7-6-13-15-16/h6-7,9H,2-5,8H2,1H3,(H,14,17)(H,18,19). The maximum Gasteiger partial charge on any atom is 0.311 e. The summed E-state index contributed by atoms with van der Waals surface area (Å²) in [5.74, 6) is -1.08. The molecule has 1 aliphatic rings. The Hall–Kier alpha value is -1.92. The van der Waals surface area contributed by atoms with Crippen LogP contribution < -0.4 is 5.32 Å². The molecule has 1 aromatic rings. The van der Waals surface area contributed by atoms with Crippen molar-refractivity contribution >= 4 is 11.9 Å². The molecular weight excluding hydrogens is 248 g/mol. The monoisotopic (exact) mass is 266 g/mol. The van der Waals surface area contributed by atoms with Crippen LogP contribution in [0, 0.1) is 5.41 Å². The summed E-state index contributed by atoms with van der Waals surface area (Å²) in [7, 11) is 0. The first-order valence-electron chi connectivity index (χ1n) is 6.39. The largest absolute Gasteiger partial charge is 0.481 e. The Bertz CT molecular complexity index is 460. The number of carbonyl (C=O) groups excluding carboxylic acids is 1. The van der Waals surface area contributed by atoms with Crippen molar-refractivity contribution in [2.75, 3.05) is 0 Å². The molecule has 0 radical (unpaired) electrons. The molecule has 0 spiro atoms. The lowest BCUT2D eigenvalue weighted by Crippen LogP contribution is -2.52. The third-order valence-corrected chi connectivity index (χ3v) is 3.81. The lowest BCUT2D eigenvalue weighted by Gasteiger charge is -2.38. The molecule has 0 saturated heterocycles. The molecule has 1 amide bonds. The zero-order chi connectivity index (χ0) is 13.9. The number of nitrogens with zero attached hydrogens (tertiary/aromatic N) is 3. The summed E-state index contributed by atoms with van der Waals surface area (Å²) in [4.78, 5) is 23.3. The number of hydrogen-bond donors (Lipinski definition) is 2. The number of amides is 1. The van der Waals surface area contributed by atoms with Gasteiger partial charge in [0, 0.05) is 12.2 Å². The van der Waals surface area contributed by atoms with Crippen LogP contribution in [0.15, 0.2) is 12.4 Å². The van der Waals surface area contributed by atoms with Crippen LogP contribution in [0.1, 0.15) is 32.6 Å². The van der Waals surface area contributed by atoms with Gasteiger partial charge in [-0.25, -0.2) is 4.68 Å². The van der Waals surface area contributed by atoms with Crippen LogP contribution in [-0.4, -0.2) is 38.0 Å². The van der Waals surface area contributed by atoms with E-state index in [0.717, 1.165) is 12.8 Å². The van der Waals surface area contributed by atoms with Crippen LogP contribution in [0.2, 0.25) is 0 Å². The number of rotatable bonds is 4. The second-order valence-corrected chi connectivity index (χ2v) is 5.19. The molecule has 1 heterocycles. The molecule has 0 bridgehead atoms. The predicted molar refractivity (Wildman–Crippen MR) is 66.2 cm³/mol. The van der Waals surface area contributed by atoms with Gasteiger partial charge in [-0.1, -0.05) is 18.1 Å². The summed E-state index contributed by atoms with van der Waals surface area (Å²) in [5.41, 5.74) is -0.879. The van der Waals surface area contributed by atoms with Crippen molar-refractivity contribution in [1.29, 1.82) is 0 Å². The fraction of sp³-hybridized carbons (Fsp3) is 0.667. The first-order valence-corrected chi connectivity index (χ1v) is 6.39. The summed E-state index contributed by atoms with van der Waals surface area (Å²) in [6.07, 6.45) is 6.21. The number of aromatic nitrogens is 3. The molecule has 7 nitrogen and oxygen atoms in total. The lowest BCUT2D eigenvalue weighted by molar-refractivity contribution is -0.152. The average Bonchev–Trinajstić information content (AvgIpc) is 2.84. The van der Waals surface area contributed by atoms with Gasteiger partial charge >= 0.3 is 5.97 Å². The van der Waals surface area contributed by atoms with Crippen LogP contribution in [0.4, 0.5) is 0 Å². The van der Waals surface area contributed by atoms with Crippen LogP contribution in [0.3, 0.4) is 0 Å². The van der Waals surface area contributed by atoms with Crippen LogP contribution in [-0.2, 0) is 16.1 Å². The van der Waals surface area contributed by atoms with E-state index >= 15 is 0 Å². The van der Waals surface area contributed by atoms with E-state index in [1.807, 2.05) is 0 Å². The number of hydrogen-bond acceptors (Lipinski definition) is 4. The van der Waals surface area contributed by atoms with E-state index in [1.165, 1.54) is 10.9 Å². The second-order valence-electron chi connectivity index (χ2n) is 5.19.